The molecule has 4 heteroatoms. The van der Waals surface area contributed by atoms with Gasteiger partial charge in [0.05, 0.1) is 5.54 Å². The van der Waals surface area contributed by atoms with Crippen LogP contribution >= 0.6 is 0 Å². The zero-order valence-corrected chi connectivity index (χ0v) is 9.23. The highest BCUT2D eigenvalue weighted by atomic mass is 15.4. The lowest BCUT2D eigenvalue weighted by Crippen LogP contribution is -2.42. The van der Waals surface area contributed by atoms with E-state index in [9.17, 15) is 0 Å². The number of aromatic nitrogens is 3. The average molecular weight is 208 g/mol. The van der Waals surface area contributed by atoms with E-state index < -0.39 is 0 Å². The Bertz CT molecular complexity index is 273. The summed E-state index contributed by atoms with van der Waals surface area (Å²) in [6.07, 6.45) is 12.3. The first-order valence-corrected chi connectivity index (χ1v) is 5.93. The van der Waals surface area contributed by atoms with E-state index in [1.54, 1.807) is 6.33 Å². The second-order valence-electron chi connectivity index (χ2n) is 4.54. The molecule has 0 bridgehead atoms. The summed E-state index contributed by atoms with van der Waals surface area (Å²) in [7, 11) is 0. The topological polar surface area (TPSA) is 56.7 Å². The molecule has 2 rings (SSSR count). The molecule has 0 aliphatic heterocycles. The van der Waals surface area contributed by atoms with Crippen LogP contribution in [-0.2, 0) is 5.54 Å². The molecule has 1 aliphatic rings. The Morgan fingerprint density at radius 2 is 1.80 bits per heavy atom. The second-order valence-corrected chi connectivity index (χ2v) is 4.54. The first-order chi connectivity index (χ1) is 7.37. The number of hydrogen-bond donors (Lipinski definition) is 1. The molecule has 1 heterocycles. The minimum absolute atomic E-state index is 0.0386. The van der Waals surface area contributed by atoms with Crippen LogP contribution in [-0.4, -0.2) is 21.3 Å². The van der Waals surface area contributed by atoms with Gasteiger partial charge in [-0.05, 0) is 12.8 Å². The summed E-state index contributed by atoms with van der Waals surface area (Å²) in [5, 5.41) is 4.28. The van der Waals surface area contributed by atoms with Crippen LogP contribution < -0.4 is 5.73 Å². The van der Waals surface area contributed by atoms with Crippen LogP contribution in [0.2, 0.25) is 0 Å². The molecule has 2 N–H and O–H groups in total. The monoisotopic (exact) mass is 208 g/mol. The minimum atomic E-state index is 0.0386. The standard InChI is InChI=1S/C11H20N4/c12-8-11(15-10-13-9-14-15)6-4-2-1-3-5-7-11/h9-10H,1-8,12H2. The summed E-state index contributed by atoms with van der Waals surface area (Å²) in [6.45, 7) is 0.677. The molecule has 4 nitrogen and oxygen atoms in total. The zero-order chi connectivity index (χ0) is 10.6. The first kappa shape index (κ1) is 10.6. The van der Waals surface area contributed by atoms with E-state index in [2.05, 4.69) is 10.1 Å². The van der Waals surface area contributed by atoms with Crippen LogP contribution in [0.4, 0.5) is 0 Å². The molecule has 84 valence electrons. The number of rotatable bonds is 2. The van der Waals surface area contributed by atoms with Crippen LogP contribution in [0.25, 0.3) is 0 Å². The average Bonchev–Trinajstić information content (AvgIpc) is 2.72. The number of nitrogens with two attached hydrogens (primary N) is 1. The maximum Gasteiger partial charge on any atom is 0.137 e. The maximum atomic E-state index is 5.96. The van der Waals surface area contributed by atoms with Crippen molar-refractivity contribution in [2.24, 2.45) is 5.73 Å². The largest absolute Gasteiger partial charge is 0.328 e. The molecule has 1 aromatic heterocycles. The summed E-state index contributed by atoms with van der Waals surface area (Å²) in [5.74, 6) is 0. The van der Waals surface area contributed by atoms with Gasteiger partial charge in [-0.3, -0.25) is 0 Å². The minimum Gasteiger partial charge on any atom is -0.328 e. The van der Waals surface area contributed by atoms with Crippen LogP contribution in [0, 0.1) is 0 Å². The lowest BCUT2D eigenvalue weighted by atomic mass is 9.84. The quantitative estimate of drug-likeness (QED) is 0.804. The predicted molar refractivity (Wildman–Crippen MR) is 59.4 cm³/mol. The van der Waals surface area contributed by atoms with E-state index in [1.807, 2.05) is 11.0 Å². The summed E-state index contributed by atoms with van der Waals surface area (Å²) < 4.78 is 1.98. The van der Waals surface area contributed by atoms with Crippen molar-refractivity contribution in [3.63, 3.8) is 0 Å². The van der Waals surface area contributed by atoms with Gasteiger partial charge in [0.15, 0.2) is 0 Å². The van der Waals surface area contributed by atoms with Gasteiger partial charge in [0.1, 0.15) is 12.7 Å². The Balaban J connectivity index is 2.17. The van der Waals surface area contributed by atoms with E-state index in [0.717, 1.165) is 12.8 Å². The molecule has 0 unspecified atom stereocenters. The molecule has 0 spiro atoms. The van der Waals surface area contributed by atoms with Crippen LogP contribution in [0.15, 0.2) is 12.7 Å². The predicted octanol–water partition coefficient (Wildman–Crippen LogP) is 1.68. The molecule has 1 aromatic rings. The molecule has 0 radical (unpaired) electrons. The highest BCUT2D eigenvalue weighted by molar-refractivity contribution is 4.87. The molecule has 0 aromatic carbocycles. The molecule has 15 heavy (non-hydrogen) atoms. The fourth-order valence-electron chi connectivity index (χ4n) is 2.54. The SMILES string of the molecule is NCC1(n2cncn2)CCCCCCC1. The Labute approximate surface area is 90.9 Å². The van der Waals surface area contributed by atoms with Gasteiger partial charge in [0, 0.05) is 6.54 Å². The molecular formula is C11H20N4. The lowest BCUT2D eigenvalue weighted by Gasteiger charge is -2.34. The number of nitrogens with zero attached hydrogens (tertiary/aromatic N) is 3. The smallest absolute Gasteiger partial charge is 0.137 e. The van der Waals surface area contributed by atoms with E-state index in [4.69, 9.17) is 5.73 Å². The summed E-state index contributed by atoms with van der Waals surface area (Å²) in [5.41, 5.74) is 6.00. The zero-order valence-electron chi connectivity index (χ0n) is 9.23. The van der Waals surface area contributed by atoms with Gasteiger partial charge in [-0.15, -0.1) is 0 Å². The van der Waals surface area contributed by atoms with E-state index >= 15 is 0 Å². The highest BCUT2D eigenvalue weighted by Gasteiger charge is 2.31. The molecule has 1 fully saturated rings. The third-order valence-corrected chi connectivity index (χ3v) is 3.57. The van der Waals surface area contributed by atoms with Crippen molar-refractivity contribution in [1.29, 1.82) is 0 Å². The van der Waals surface area contributed by atoms with Crippen molar-refractivity contribution >= 4 is 0 Å². The first-order valence-electron chi connectivity index (χ1n) is 5.93. The molecule has 1 saturated carbocycles. The van der Waals surface area contributed by atoms with Crippen molar-refractivity contribution < 1.29 is 0 Å². The van der Waals surface area contributed by atoms with Gasteiger partial charge in [0.2, 0.25) is 0 Å². The van der Waals surface area contributed by atoms with Gasteiger partial charge in [0.25, 0.3) is 0 Å². The normalized spacial score (nSPS) is 21.9. The van der Waals surface area contributed by atoms with Crippen molar-refractivity contribution in [3.8, 4) is 0 Å². The van der Waals surface area contributed by atoms with Crippen LogP contribution in [0.3, 0.4) is 0 Å². The molecule has 1 aliphatic carbocycles. The van der Waals surface area contributed by atoms with E-state index in [1.165, 1.54) is 32.1 Å². The second kappa shape index (κ2) is 4.75. The maximum absolute atomic E-state index is 5.96. The van der Waals surface area contributed by atoms with Gasteiger partial charge in [-0.2, -0.15) is 5.10 Å². The van der Waals surface area contributed by atoms with Gasteiger partial charge in [-0.25, -0.2) is 9.67 Å². The van der Waals surface area contributed by atoms with Crippen molar-refractivity contribution in [2.75, 3.05) is 6.54 Å². The van der Waals surface area contributed by atoms with Gasteiger partial charge >= 0.3 is 0 Å². The summed E-state index contributed by atoms with van der Waals surface area (Å²) >= 11 is 0. The fraction of sp³-hybridized carbons (Fsp3) is 0.818. The summed E-state index contributed by atoms with van der Waals surface area (Å²) in [6, 6.07) is 0. The number of hydrogen-bond acceptors (Lipinski definition) is 3. The Kier molecular flexibility index (Phi) is 3.36. The van der Waals surface area contributed by atoms with Crippen molar-refractivity contribution in [3.05, 3.63) is 12.7 Å². The molecule has 0 amide bonds. The molecule has 0 atom stereocenters. The Morgan fingerprint density at radius 1 is 1.13 bits per heavy atom. The fourth-order valence-corrected chi connectivity index (χ4v) is 2.54. The summed E-state index contributed by atoms with van der Waals surface area (Å²) in [4.78, 5) is 4.04. The van der Waals surface area contributed by atoms with Gasteiger partial charge < -0.3 is 5.73 Å². The van der Waals surface area contributed by atoms with E-state index in [0.29, 0.717) is 6.54 Å². The molecule has 0 saturated heterocycles. The van der Waals surface area contributed by atoms with Crippen LogP contribution in [0.1, 0.15) is 44.9 Å². The highest BCUT2D eigenvalue weighted by Crippen LogP contribution is 2.31. The van der Waals surface area contributed by atoms with E-state index in [-0.39, 0.29) is 5.54 Å². The molecular weight excluding hydrogens is 188 g/mol. The third-order valence-electron chi connectivity index (χ3n) is 3.57. The van der Waals surface area contributed by atoms with Crippen molar-refractivity contribution in [2.45, 2.75) is 50.5 Å². The van der Waals surface area contributed by atoms with Gasteiger partial charge in [-0.1, -0.05) is 32.1 Å². The Hall–Kier alpha value is -0.900. The third kappa shape index (κ3) is 2.20. The lowest BCUT2D eigenvalue weighted by molar-refractivity contribution is 0.199. The van der Waals surface area contributed by atoms with Crippen LogP contribution in [0.5, 0.6) is 0 Å². The van der Waals surface area contributed by atoms with Crippen molar-refractivity contribution in [1.82, 2.24) is 14.8 Å². The Morgan fingerprint density at radius 3 is 2.33 bits per heavy atom.